The molecule has 2 atom stereocenters. The third-order valence-electron chi connectivity index (χ3n) is 4.77. The molecule has 116 valence electrons. The number of benzene rings is 1. The summed E-state index contributed by atoms with van der Waals surface area (Å²) < 4.78 is 0. The number of carbonyl (C=O) groups is 1. The quantitative estimate of drug-likeness (QED) is 0.665. The highest BCUT2D eigenvalue weighted by atomic mass is 16.1. The van der Waals surface area contributed by atoms with Gasteiger partial charge >= 0.3 is 0 Å². The zero-order valence-electron chi connectivity index (χ0n) is 13.2. The molecule has 0 spiro atoms. The minimum atomic E-state index is 0.120. The van der Waals surface area contributed by atoms with Gasteiger partial charge in [-0.1, -0.05) is 32.3 Å². The smallest absolute Gasteiger partial charge is 0.168 e. The molecule has 0 aliphatic heterocycles. The molecule has 2 aromatic rings. The van der Waals surface area contributed by atoms with Gasteiger partial charge in [-0.25, -0.2) is 0 Å². The van der Waals surface area contributed by atoms with Crippen LogP contribution < -0.4 is 5.73 Å². The standard InChI is InChI=1S/C18H23N3O/c1-11-5-3-4-6-14(11)18(22)15-8-7-13(10-16(15)19)17-9-12(2)20-21-17/h7-11,14H,3-6,19H2,1-2H3,(H,20,21)/t11-,14-/m1/s1. The van der Waals surface area contributed by atoms with Crippen LogP contribution in [0, 0.1) is 18.8 Å². The van der Waals surface area contributed by atoms with Gasteiger partial charge in [0.25, 0.3) is 0 Å². The van der Waals surface area contributed by atoms with Gasteiger partial charge in [-0.05, 0) is 37.5 Å². The summed E-state index contributed by atoms with van der Waals surface area (Å²) >= 11 is 0. The summed E-state index contributed by atoms with van der Waals surface area (Å²) in [6, 6.07) is 7.63. The number of aromatic amines is 1. The van der Waals surface area contributed by atoms with E-state index in [0.29, 0.717) is 17.2 Å². The molecule has 1 aromatic carbocycles. The second-order valence-electron chi connectivity index (χ2n) is 6.47. The normalized spacial score (nSPS) is 21.7. The molecule has 22 heavy (non-hydrogen) atoms. The van der Waals surface area contributed by atoms with Gasteiger partial charge in [0.2, 0.25) is 0 Å². The number of nitrogens with two attached hydrogens (primary N) is 1. The van der Waals surface area contributed by atoms with Crippen molar-refractivity contribution in [3.63, 3.8) is 0 Å². The average molecular weight is 297 g/mol. The van der Waals surface area contributed by atoms with Crippen LogP contribution in [0.1, 0.15) is 48.7 Å². The molecule has 1 aliphatic rings. The van der Waals surface area contributed by atoms with Crippen molar-refractivity contribution < 1.29 is 4.79 Å². The van der Waals surface area contributed by atoms with E-state index >= 15 is 0 Å². The summed E-state index contributed by atoms with van der Waals surface area (Å²) in [5.74, 6) is 0.776. The molecular weight excluding hydrogens is 274 g/mol. The molecule has 0 unspecified atom stereocenters. The average Bonchev–Trinajstić information content (AvgIpc) is 2.93. The maximum atomic E-state index is 12.8. The lowest BCUT2D eigenvalue weighted by Crippen LogP contribution is -2.26. The van der Waals surface area contributed by atoms with Crippen molar-refractivity contribution in [3.8, 4) is 11.3 Å². The minimum absolute atomic E-state index is 0.120. The number of nitrogens with one attached hydrogen (secondary N) is 1. The Hall–Kier alpha value is -2.10. The van der Waals surface area contributed by atoms with E-state index in [1.54, 1.807) is 0 Å². The highest BCUT2D eigenvalue weighted by molar-refractivity contribution is 6.03. The first-order valence-electron chi connectivity index (χ1n) is 8.02. The maximum absolute atomic E-state index is 12.8. The Balaban J connectivity index is 1.87. The second kappa shape index (κ2) is 5.95. The van der Waals surface area contributed by atoms with Crippen molar-refractivity contribution >= 4 is 11.5 Å². The topological polar surface area (TPSA) is 71.8 Å². The summed E-state index contributed by atoms with van der Waals surface area (Å²) in [6.45, 7) is 4.14. The Morgan fingerprint density at radius 3 is 2.68 bits per heavy atom. The van der Waals surface area contributed by atoms with Crippen LogP contribution in [0.5, 0.6) is 0 Å². The predicted octanol–water partition coefficient (Wildman–Crippen LogP) is 3.98. The fourth-order valence-corrected chi connectivity index (χ4v) is 3.42. The lowest BCUT2D eigenvalue weighted by atomic mass is 9.76. The number of aromatic nitrogens is 2. The lowest BCUT2D eigenvalue weighted by Gasteiger charge is -2.27. The Kier molecular flexibility index (Phi) is 4.01. The number of carbonyl (C=O) groups excluding carboxylic acids is 1. The van der Waals surface area contributed by atoms with Crippen molar-refractivity contribution in [1.29, 1.82) is 0 Å². The molecule has 0 radical (unpaired) electrons. The molecular formula is C18H23N3O. The van der Waals surface area contributed by atoms with Crippen molar-refractivity contribution in [1.82, 2.24) is 10.2 Å². The highest BCUT2D eigenvalue weighted by Gasteiger charge is 2.29. The largest absolute Gasteiger partial charge is 0.398 e. The van der Waals surface area contributed by atoms with E-state index in [1.807, 2.05) is 31.2 Å². The monoisotopic (exact) mass is 297 g/mol. The van der Waals surface area contributed by atoms with Crippen molar-refractivity contribution in [2.24, 2.45) is 11.8 Å². The Labute approximate surface area is 131 Å². The van der Waals surface area contributed by atoms with Crippen LogP contribution in [-0.4, -0.2) is 16.0 Å². The molecule has 1 aliphatic carbocycles. The number of hydrogen-bond donors (Lipinski definition) is 2. The summed E-state index contributed by atoms with van der Waals surface area (Å²) in [7, 11) is 0. The van der Waals surface area contributed by atoms with E-state index in [0.717, 1.165) is 36.2 Å². The summed E-state index contributed by atoms with van der Waals surface area (Å²) in [6.07, 6.45) is 4.50. The molecule has 3 rings (SSSR count). The third-order valence-corrected chi connectivity index (χ3v) is 4.77. The van der Waals surface area contributed by atoms with Crippen LogP contribution in [-0.2, 0) is 0 Å². The zero-order valence-corrected chi connectivity index (χ0v) is 13.2. The van der Waals surface area contributed by atoms with E-state index < -0.39 is 0 Å². The van der Waals surface area contributed by atoms with E-state index in [-0.39, 0.29) is 11.7 Å². The molecule has 1 heterocycles. The molecule has 1 fully saturated rings. The number of rotatable bonds is 3. The van der Waals surface area contributed by atoms with Crippen LogP contribution in [0.25, 0.3) is 11.3 Å². The summed E-state index contributed by atoms with van der Waals surface area (Å²) in [5.41, 5.74) is 10.2. The Morgan fingerprint density at radius 2 is 2.05 bits per heavy atom. The molecule has 1 saturated carbocycles. The molecule has 0 amide bonds. The first-order valence-corrected chi connectivity index (χ1v) is 8.02. The fraction of sp³-hybridized carbons (Fsp3) is 0.444. The number of ketones is 1. The van der Waals surface area contributed by atoms with Gasteiger partial charge in [0.15, 0.2) is 5.78 Å². The Bertz CT molecular complexity index is 689. The van der Waals surface area contributed by atoms with E-state index in [2.05, 4.69) is 17.1 Å². The minimum Gasteiger partial charge on any atom is -0.398 e. The van der Waals surface area contributed by atoms with E-state index in [1.165, 1.54) is 6.42 Å². The fourth-order valence-electron chi connectivity index (χ4n) is 3.42. The van der Waals surface area contributed by atoms with Crippen molar-refractivity contribution in [2.75, 3.05) is 5.73 Å². The SMILES string of the molecule is Cc1cc(-c2ccc(C(=O)[C@@H]3CCCC[C@H]3C)c(N)c2)n[nH]1. The lowest BCUT2D eigenvalue weighted by molar-refractivity contribution is 0.0838. The summed E-state index contributed by atoms with van der Waals surface area (Å²) in [5, 5.41) is 7.16. The summed E-state index contributed by atoms with van der Waals surface area (Å²) in [4.78, 5) is 12.8. The molecule has 3 N–H and O–H groups in total. The number of anilines is 1. The van der Waals surface area contributed by atoms with Crippen LogP contribution >= 0.6 is 0 Å². The van der Waals surface area contributed by atoms with Gasteiger partial charge in [-0.15, -0.1) is 0 Å². The first kappa shape index (κ1) is 14.8. The van der Waals surface area contributed by atoms with Gasteiger partial charge in [0.1, 0.15) is 0 Å². The maximum Gasteiger partial charge on any atom is 0.168 e. The van der Waals surface area contributed by atoms with E-state index in [4.69, 9.17) is 5.73 Å². The Morgan fingerprint density at radius 1 is 1.27 bits per heavy atom. The van der Waals surface area contributed by atoms with Crippen LogP contribution in [0.15, 0.2) is 24.3 Å². The van der Waals surface area contributed by atoms with Crippen LogP contribution in [0.2, 0.25) is 0 Å². The van der Waals surface area contributed by atoms with Crippen molar-refractivity contribution in [2.45, 2.75) is 39.5 Å². The molecule has 0 bridgehead atoms. The zero-order chi connectivity index (χ0) is 15.7. The van der Waals surface area contributed by atoms with Crippen LogP contribution in [0.3, 0.4) is 0 Å². The second-order valence-corrected chi connectivity index (χ2v) is 6.47. The van der Waals surface area contributed by atoms with Gasteiger partial charge in [0.05, 0.1) is 5.69 Å². The number of H-pyrrole nitrogens is 1. The number of Topliss-reactive ketones (excluding diaryl/α,β-unsaturated/α-hetero) is 1. The van der Waals surface area contributed by atoms with Gasteiger partial charge in [-0.3, -0.25) is 9.89 Å². The van der Waals surface area contributed by atoms with E-state index in [9.17, 15) is 4.79 Å². The van der Waals surface area contributed by atoms with Crippen molar-refractivity contribution in [3.05, 3.63) is 35.5 Å². The first-order chi connectivity index (χ1) is 10.6. The molecule has 4 heteroatoms. The number of nitrogens with zero attached hydrogens (tertiary/aromatic N) is 1. The third kappa shape index (κ3) is 2.78. The highest BCUT2D eigenvalue weighted by Crippen LogP contribution is 2.34. The van der Waals surface area contributed by atoms with Gasteiger partial charge in [-0.2, -0.15) is 5.10 Å². The van der Waals surface area contributed by atoms with Gasteiger partial charge in [0, 0.05) is 28.4 Å². The number of nitrogen functional groups attached to an aromatic ring is 1. The number of hydrogen-bond acceptors (Lipinski definition) is 3. The predicted molar refractivity (Wildman–Crippen MR) is 88.6 cm³/mol. The molecule has 1 aromatic heterocycles. The van der Waals surface area contributed by atoms with Gasteiger partial charge < -0.3 is 5.73 Å². The molecule has 4 nitrogen and oxygen atoms in total. The molecule has 0 saturated heterocycles. The number of aryl methyl sites for hydroxylation is 1. The van der Waals surface area contributed by atoms with Crippen LogP contribution in [0.4, 0.5) is 5.69 Å².